The van der Waals surface area contributed by atoms with E-state index in [9.17, 15) is 9.59 Å². The highest BCUT2D eigenvalue weighted by Crippen LogP contribution is 2.61. The third kappa shape index (κ3) is 3.25. The third-order valence-electron chi connectivity index (χ3n) is 8.16. The van der Waals surface area contributed by atoms with Crippen molar-refractivity contribution in [3.05, 3.63) is 35.9 Å². The quantitative estimate of drug-likeness (QED) is 0.846. The van der Waals surface area contributed by atoms with Crippen molar-refractivity contribution in [3.63, 3.8) is 0 Å². The van der Waals surface area contributed by atoms with E-state index >= 15 is 0 Å². The molecule has 1 aliphatic heterocycles. The van der Waals surface area contributed by atoms with Crippen molar-refractivity contribution < 1.29 is 9.59 Å². The number of nitrogens with zero attached hydrogens (tertiary/aromatic N) is 1. The predicted octanol–water partition coefficient (Wildman–Crippen LogP) is 3.76. The van der Waals surface area contributed by atoms with Gasteiger partial charge in [0.05, 0.1) is 5.92 Å². The summed E-state index contributed by atoms with van der Waals surface area (Å²) in [6, 6.07) is 10.3. The molecule has 2 amide bonds. The van der Waals surface area contributed by atoms with Crippen LogP contribution < -0.4 is 5.32 Å². The van der Waals surface area contributed by atoms with Crippen LogP contribution >= 0.6 is 0 Å². The van der Waals surface area contributed by atoms with Gasteiger partial charge in [-0.15, -0.1) is 0 Å². The molecular formula is C24H32N2O2. The Hall–Kier alpha value is -1.84. The van der Waals surface area contributed by atoms with Gasteiger partial charge in [-0.2, -0.15) is 0 Å². The Morgan fingerprint density at radius 2 is 1.71 bits per heavy atom. The van der Waals surface area contributed by atoms with Crippen molar-refractivity contribution in [2.24, 2.45) is 29.1 Å². The summed E-state index contributed by atoms with van der Waals surface area (Å²) in [5, 5.41) is 3.37. The summed E-state index contributed by atoms with van der Waals surface area (Å²) in [5.74, 6) is 2.66. The molecule has 6 rings (SSSR count). The van der Waals surface area contributed by atoms with Gasteiger partial charge in [-0.1, -0.05) is 30.3 Å². The van der Waals surface area contributed by atoms with E-state index in [0.717, 1.165) is 23.3 Å². The molecule has 4 aliphatic carbocycles. The molecular weight excluding hydrogens is 348 g/mol. The fourth-order valence-corrected chi connectivity index (χ4v) is 7.10. The van der Waals surface area contributed by atoms with Crippen LogP contribution in [0.3, 0.4) is 0 Å². The Morgan fingerprint density at radius 1 is 1.11 bits per heavy atom. The third-order valence-corrected chi connectivity index (χ3v) is 8.16. The Bertz CT molecular complexity index is 724. The van der Waals surface area contributed by atoms with Crippen LogP contribution in [0.1, 0.15) is 57.4 Å². The standard InChI is InChI=1S/C24H32N2O2/c1-16(24-11-18-7-19(12-24)9-20(8-18)13-24)25-23(28)21-10-22(27)26(15-21)14-17-5-3-2-4-6-17/h2-6,16,18-21H,7-15H2,1H3,(H,25,28)/t16-,18?,19?,20?,21+,24?/m1/s1. The molecule has 1 aromatic carbocycles. The fourth-order valence-electron chi connectivity index (χ4n) is 7.10. The molecule has 5 fully saturated rings. The molecule has 4 saturated carbocycles. The first kappa shape index (κ1) is 18.2. The van der Waals surface area contributed by atoms with Gasteiger partial charge >= 0.3 is 0 Å². The van der Waals surface area contributed by atoms with Gasteiger partial charge < -0.3 is 10.2 Å². The first-order valence-electron chi connectivity index (χ1n) is 11.1. The number of amides is 2. The first-order chi connectivity index (χ1) is 13.5. The van der Waals surface area contributed by atoms with Crippen LogP contribution in [-0.2, 0) is 16.1 Å². The topological polar surface area (TPSA) is 49.4 Å². The lowest BCUT2D eigenvalue weighted by atomic mass is 9.48. The van der Waals surface area contributed by atoms with Crippen molar-refractivity contribution in [3.8, 4) is 0 Å². The zero-order valence-electron chi connectivity index (χ0n) is 16.9. The minimum atomic E-state index is -0.201. The molecule has 1 aromatic rings. The summed E-state index contributed by atoms with van der Waals surface area (Å²) in [6.07, 6.45) is 8.51. The lowest BCUT2D eigenvalue weighted by Crippen LogP contribution is -2.56. The van der Waals surface area contributed by atoms with Crippen LogP contribution in [0, 0.1) is 29.1 Å². The molecule has 4 nitrogen and oxygen atoms in total. The van der Waals surface area contributed by atoms with Crippen molar-refractivity contribution in [2.75, 3.05) is 6.54 Å². The summed E-state index contributed by atoms with van der Waals surface area (Å²) in [5.41, 5.74) is 1.44. The molecule has 1 saturated heterocycles. The molecule has 2 atom stereocenters. The monoisotopic (exact) mass is 380 g/mol. The highest BCUT2D eigenvalue weighted by atomic mass is 16.2. The van der Waals surface area contributed by atoms with Gasteiger partial charge in [0.25, 0.3) is 0 Å². The molecule has 0 aromatic heterocycles. The van der Waals surface area contributed by atoms with Crippen LogP contribution in [0.25, 0.3) is 0 Å². The molecule has 0 radical (unpaired) electrons. The Balaban J connectivity index is 1.21. The SMILES string of the molecule is C[C@@H](NC(=O)[C@H]1CC(=O)N(Cc2ccccc2)C1)C12CC3CC(CC(C3)C1)C2. The van der Waals surface area contributed by atoms with E-state index in [4.69, 9.17) is 0 Å². The van der Waals surface area contributed by atoms with Crippen LogP contribution in [0.2, 0.25) is 0 Å². The van der Waals surface area contributed by atoms with Crippen molar-refractivity contribution in [2.45, 2.75) is 64.5 Å². The Morgan fingerprint density at radius 3 is 2.32 bits per heavy atom. The van der Waals surface area contributed by atoms with Gasteiger partial charge in [-0.3, -0.25) is 9.59 Å². The highest BCUT2D eigenvalue weighted by Gasteiger charge is 2.53. The van der Waals surface area contributed by atoms with Crippen LogP contribution in [0.5, 0.6) is 0 Å². The summed E-state index contributed by atoms with van der Waals surface area (Å²) in [4.78, 5) is 27.3. The molecule has 5 aliphatic rings. The number of likely N-dealkylation sites (tertiary alicyclic amines) is 1. The average molecular weight is 381 g/mol. The summed E-state index contributed by atoms with van der Waals surface area (Å²) < 4.78 is 0. The van der Waals surface area contributed by atoms with E-state index in [2.05, 4.69) is 12.2 Å². The normalized spacial score (nSPS) is 37.3. The second kappa shape index (κ2) is 6.89. The molecule has 4 bridgehead atoms. The maximum atomic E-state index is 13.0. The molecule has 1 N–H and O–H groups in total. The zero-order valence-corrected chi connectivity index (χ0v) is 16.9. The van der Waals surface area contributed by atoms with Gasteiger partial charge in [0.2, 0.25) is 11.8 Å². The number of nitrogens with one attached hydrogen (secondary N) is 1. The molecule has 28 heavy (non-hydrogen) atoms. The number of rotatable bonds is 5. The highest BCUT2D eigenvalue weighted by molar-refractivity contribution is 5.89. The van der Waals surface area contributed by atoms with E-state index in [1.54, 1.807) is 0 Å². The van der Waals surface area contributed by atoms with E-state index in [-0.39, 0.29) is 23.8 Å². The van der Waals surface area contributed by atoms with Crippen molar-refractivity contribution >= 4 is 11.8 Å². The van der Waals surface area contributed by atoms with Gasteiger partial charge in [-0.05, 0) is 74.2 Å². The first-order valence-corrected chi connectivity index (χ1v) is 11.1. The van der Waals surface area contributed by atoms with Crippen LogP contribution in [-0.4, -0.2) is 29.3 Å². The van der Waals surface area contributed by atoms with Crippen molar-refractivity contribution in [1.82, 2.24) is 10.2 Å². The molecule has 0 spiro atoms. The smallest absolute Gasteiger partial charge is 0.225 e. The average Bonchev–Trinajstić information content (AvgIpc) is 3.02. The van der Waals surface area contributed by atoms with Gasteiger partial charge in [0.15, 0.2) is 0 Å². The second-order valence-electron chi connectivity index (χ2n) is 10.2. The Labute approximate surface area is 168 Å². The summed E-state index contributed by atoms with van der Waals surface area (Å²) in [6.45, 7) is 3.38. The predicted molar refractivity (Wildman–Crippen MR) is 108 cm³/mol. The number of hydrogen-bond acceptors (Lipinski definition) is 2. The fraction of sp³-hybridized carbons (Fsp3) is 0.667. The number of carbonyl (C=O) groups excluding carboxylic acids is 2. The largest absolute Gasteiger partial charge is 0.353 e. The maximum absolute atomic E-state index is 13.0. The molecule has 150 valence electrons. The van der Waals surface area contributed by atoms with Crippen molar-refractivity contribution in [1.29, 1.82) is 0 Å². The number of benzene rings is 1. The summed E-state index contributed by atoms with van der Waals surface area (Å²) in [7, 11) is 0. The zero-order chi connectivity index (χ0) is 19.3. The van der Waals surface area contributed by atoms with E-state index in [1.165, 1.54) is 38.5 Å². The maximum Gasteiger partial charge on any atom is 0.225 e. The lowest BCUT2D eigenvalue weighted by Gasteiger charge is -2.59. The molecule has 0 unspecified atom stereocenters. The number of carbonyl (C=O) groups is 2. The van der Waals surface area contributed by atoms with E-state index in [1.807, 2.05) is 35.2 Å². The van der Waals surface area contributed by atoms with E-state index < -0.39 is 0 Å². The van der Waals surface area contributed by atoms with E-state index in [0.29, 0.717) is 24.9 Å². The lowest BCUT2D eigenvalue weighted by molar-refractivity contribution is -0.131. The summed E-state index contributed by atoms with van der Waals surface area (Å²) >= 11 is 0. The molecule has 1 heterocycles. The van der Waals surface area contributed by atoms with Crippen LogP contribution in [0.15, 0.2) is 30.3 Å². The van der Waals surface area contributed by atoms with Gasteiger partial charge in [0, 0.05) is 25.6 Å². The minimum Gasteiger partial charge on any atom is -0.353 e. The van der Waals surface area contributed by atoms with Gasteiger partial charge in [0.1, 0.15) is 0 Å². The van der Waals surface area contributed by atoms with Gasteiger partial charge in [-0.25, -0.2) is 0 Å². The Kier molecular flexibility index (Phi) is 4.48. The number of hydrogen-bond donors (Lipinski definition) is 1. The second-order valence-corrected chi connectivity index (χ2v) is 10.2. The molecule has 4 heteroatoms. The minimum absolute atomic E-state index is 0.0900. The van der Waals surface area contributed by atoms with Crippen LogP contribution in [0.4, 0.5) is 0 Å².